The van der Waals surface area contributed by atoms with Crippen molar-refractivity contribution in [1.82, 2.24) is 9.03 Å². The van der Waals surface area contributed by atoms with Crippen LogP contribution in [0.4, 0.5) is 0 Å². The molecule has 0 saturated heterocycles. The van der Waals surface area contributed by atoms with Gasteiger partial charge in [-0.15, -0.1) is 0 Å². The van der Waals surface area contributed by atoms with Crippen LogP contribution in [0.25, 0.3) is 0 Å². The van der Waals surface area contributed by atoms with E-state index in [1.807, 2.05) is 67.6 Å². The Morgan fingerprint density at radius 2 is 1.43 bits per heavy atom. The van der Waals surface area contributed by atoms with Crippen LogP contribution in [0.15, 0.2) is 60.7 Å². The summed E-state index contributed by atoms with van der Waals surface area (Å²) in [6, 6.07) is 18.9. The van der Waals surface area contributed by atoms with Gasteiger partial charge in [0.25, 0.3) is 10.2 Å². The van der Waals surface area contributed by atoms with Crippen LogP contribution >= 0.6 is 0 Å². The molecule has 124 valence electrons. The minimum absolute atomic E-state index is 0.397. The highest BCUT2D eigenvalue weighted by molar-refractivity contribution is 7.87. The lowest BCUT2D eigenvalue weighted by Crippen LogP contribution is -2.40. The lowest BCUT2D eigenvalue weighted by molar-refractivity contribution is 0.444. The largest absolute Gasteiger partial charge is 0.280 e. The molecule has 0 atom stereocenters. The first-order chi connectivity index (χ1) is 11.0. The quantitative estimate of drug-likeness (QED) is 0.806. The lowest BCUT2D eigenvalue weighted by atomic mass is 10.00. The number of nitrogens with one attached hydrogen (secondary N) is 1. The summed E-state index contributed by atoms with van der Waals surface area (Å²) in [5.41, 5.74) is 1.84. The fourth-order valence-electron chi connectivity index (χ4n) is 2.36. The molecule has 5 heteroatoms. The van der Waals surface area contributed by atoms with Gasteiger partial charge in [-0.3, -0.25) is 0 Å². The van der Waals surface area contributed by atoms with Gasteiger partial charge < -0.3 is 0 Å². The highest BCUT2D eigenvalue weighted by Gasteiger charge is 2.24. The van der Waals surface area contributed by atoms with Gasteiger partial charge in [0.1, 0.15) is 0 Å². The zero-order chi connectivity index (χ0) is 16.7. The average Bonchev–Trinajstić information content (AvgIpc) is 2.59. The summed E-state index contributed by atoms with van der Waals surface area (Å²) >= 11 is 0. The van der Waals surface area contributed by atoms with E-state index in [0.29, 0.717) is 6.54 Å². The van der Waals surface area contributed by atoms with E-state index in [1.54, 1.807) is 7.05 Å². The molecule has 0 unspecified atom stereocenters. The molecule has 0 aliphatic rings. The smallest absolute Gasteiger partial charge is 0.195 e. The Morgan fingerprint density at radius 3 is 1.87 bits per heavy atom. The number of nitrogens with zero attached hydrogens (tertiary/aromatic N) is 1. The van der Waals surface area contributed by atoms with Crippen LogP contribution in [0.3, 0.4) is 0 Å². The minimum atomic E-state index is -3.54. The average molecular weight is 332 g/mol. The molecule has 2 rings (SSSR count). The highest BCUT2D eigenvalue weighted by atomic mass is 32.2. The molecule has 0 amide bonds. The van der Waals surface area contributed by atoms with Crippen molar-refractivity contribution in [2.24, 2.45) is 0 Å². The van der Waals surface area contributed by atoms with Gasteiger partial charge in [0.15, 0.2) is 0 Å². The zero-order valence-electron chi connectivity index (χ0n) is 13.6. The van der Waals surface area contributed by atoms with E-state index in [0.717, 1.165) is 24.0 Å². The van der Waals surface area contributed by atoms with E-state index >= 15 is 0 Å². The molecule has 4 nitrogen and oxygen atoms in total. The van der Waals surface area contributed by atoms with Crippen molar-refractivity contribution in [3.63, 3.8) is 0 Å². The molecule has 0 bridgehead atoms. The first-order valence-corrected chi connectivity index (χ1v) is 9.32. The van der Waals surface area contributed by atoms with Crippen molar-refractivity contribution in [1.29, 1.82) is 0 Å². The summed E-state index contributed by atoms with van der Waals surface area (Å²) in [7, 11) is -1.93. The summed E-state index contributed by atoms with van der Waals surface area (Å²) < 4.78 is 29.4. The van der Waals surface area contributed by atoms with E-state index in [-0.39, 0.29) is 0 Å². The van der Waals surface area contributed by atoms with Gasteiger partial charge in [-0.25, -0.2) is 0 Å². The van der Waals surface area contributed by atoms with Crippen LogP contribution in [-0.4, -0.2) is 26.3 Å². The second-order valence-electron chi connectivity index (χ2n) is 5.55. The van der Waals surface area contributed by atoms with Gasteiger partial charge in [-0.2, -0.15) is 17.4 Å². The van der Waals surface area contributed by atoms with Crippen LogP contribution < -0.4 is 4.72 Å². The summed E-state index contributed by atoms with van der Waals surface area (Å²) in [6.07, 6.45) is 1.80. The molecular formula is C18H24N2O2S. The van der Waals surface area contributed by atoms with Crippen molar-refractivity contribution < 1.29 is 8.42 Å². The maximum absolute atomic E-state index is 12.6. The molecule has 0 spiro atoms. The van der Waals surface area contributed by atoms with Crippen molar-refractivity contribution in [3.05, 3.63) is 71.8 Å². The number of benzene rings is 2. The van der Waals surface area contributed by atoms with Crippen LogP contribution in [0.1, 0.15) is 36.9 Å². The molecule has 0 saturated carbocycles. The number of hydrogen-bond donors (Lipinski definition) is 1. The van der Waals surface area contributed by atoms with Gasteiger partial charge in [0, 0.05) is 13.6 Å². The second-order valence-corrected chi connectivity index (χ2v) is 7.36. The minimum Gasteiger partial charge on any atom is -0.195 e. The Kier molecular flexibility index (Phi) is 6.33. The Hall–Kier alpha value is -1.69. The first-order valence-electron chi connectivity index (χ1n) is 7.88. The monoisotopic (exact) mass is 332 g/mol. The van der Waals surface area contributed by atoms with Crippen molar-refractivity contribution >= 4 is 10.2 Å². The Balaban J connectivity index is 2.29. The van der Waals surface area contributed by atoms with Crippen molar-refractivity contribution in [2.45, 2.75) is 25.8 Å². The third-order valence-corrected chi connectivity index (χ3v) is 5.31. The third kappa shape index (κ3) is 4.89. The summed E-state index contributed by atoms with van der Waals surface area (Å²) in [6.45, 7) is 2.56. The molecule has 2 aromatic rings. The first kappa shape index (κ1) is 17.7. The van der Waals surface area contributed by atoms with E-state index in [1.165, 1.54) is 4.31 Å². The zero-order valence-corrected chi connectivity index (χ0v) is 14.5. The molecule has 1 N–H and O–H groups in total. The Morgan fingerprint density at radius 1 is 0.957 bits per heavy atom. The molecule has 0 radical (unpaired) electrons. The SMILES string of the molecule is CCCCN(C)S(=O)(=O)NC(c1ccccc1)c1ccccc1. The number of rotatable bonds is 8. The van der Waals surface area contributed by atoms with Crippen molar-refractivity contribution in [2.75, 3.05) is 13.6 Å². The Labute approximate surface area is 139 Å². The van der Waals surface area contributed by atoms with E-state index in [9.17, 15) is 8.42 Å². The molecule has 0 fully saturated rings. The molecule has 0 aromatic heterocycles. The van der Waals surface area contributed by atoms with Gasteiger partial charge >= 0.3 is 0 Å². The second kappa shape index (κ2) is 8.24. The maximum atomic E-state index is 12.6. The number of unbranched alkanes of at least 4 members (excludes halogenated alkanes) is 1. The standard InChI is InChI=1S/C18H24N2O2S/c1-3-4-15-20(2)23(21,22)19-18(16-11-7-5-8-12-16)17-13-9-6-10-14-17/h5-14,18-19H,3-4,15H2,1-2H3. The summed E-state index contributed by atoms with van der Waals surface area (Å²) in [4.78, 5) is 0. The lowest BCUT2D eigenvalue weighted by Gasteiger charge is -2.24. The van der Waals surface area contributed by atoms with E-state index < -0.39 is 16.3 Å². The number of hydrogen-bond acceptors (Lipinski definition) is 2. The highest BCUT2D eigenvalue weighted by Crippen LogP contribution is 2.23. The normalized spacial score (nSPS) is 12.0. The van der Waals surface area contributed by atoms with E-state index in [2.05, 4.69) is 4.72 Å². The topological polar surface area (TPSA) is 49.4 Å². The third-order valence-electron chi connectivity index (χ3n) is 3.77. The molecule has 0 aliphatic carbocycles. The predicted octanol–water partition coefficient (Wildman–Crippen LogP) is 3.34. The van der Waals surface area contributed by atoms with Gasteiger partial charge in [0.2, 0.25) is 0 Å². The molecule has 0 aliphatic heterocycles. The van der Waals surface area contributed by atoms with Crippen LogP contribution in [0, 0.1) is 0 Å². The summed E-state index contributed by atoms with van der Waals surface area (Å²) in [5, 5.41) is 0. The molecule has 0 heterocycles. The van der Waals surface area contributed by atoms with Gasteiger partial charge in [0.05, 0.1) is 6.04 Å². The van der Waals surface area contributed by atoms with Crippen molar-refractivity contribution in [3.8, 4) is 0 Å². The van der Waals surface area contributed by atoms with Crippen LogP contribution in [0.2, 0.25) is 0 Å². The van der Waals surface area contributed by atoms with Crippen LogP contribution in [-0.2, 0) is 10.2 Å². The molecular weight excluding hydrogens is 308 g/mol. The molecule has 2 aromatic carbocycles. The van der Waals surface area contributed by atoms with Crippen LogP contribution in [0.5, 0.6) is 0 Å². The molecule has 23 heavy (non-hydrogen) atoms. The Bertz CT molecular complexity index is 648. The van der Waals surface area contributed by atoms with E-state index in [4.69, 9.17) is 0 Å². The fourth-order valence-corrected chi connectivity index (χ4v) is 3.48. The van der Waals surface area contributed by atoms with Gasteiger partial charge in [-0.05, 0) is 17.5 Å². The fraction of sp³-hybridized carbons (Fsp3) is 0.333. The predicted molar refractivity (Wildman–Crippen MR) is 94.3 cm³/mol. The summed E-state index contributed by atoms with van der Waals surface area (Å²) in [5.74, 6) is 0. The maximum Gasteiger partial charge on any atom is 0.280 e. The van der Waals surface area contributed by atoms with Gasteiger partial charge in [-0.1, -0.05) is 74.0 Å².